The molecule has 1 aromatic carbocycles. The summed E-state index contributed by atoms with van der Waals surface area (Å²) in [5.41, 5.74) is 8.35. The maximum Gasteiger partial charge on any atom is 0.188 e. The Balaban J connectivity index is 1.50. The van der Waals surface area contributed by atoms with E-state index < -0.39 is 0 Å². The van der Waals surface area contributed by atoms with Crippen molar-refractivity contribution in [3.8, 4) is 0 Å². The van der Waals surface area contributed by atoms with Crippen molar-refractivity contribution in [1.29, 1.82) is 0 Å². The third kappa shape index (κ3) is 4.02. The fourth-order valence-corrected chi connectivity index (χ4v) is 3.63. The Morgan fingerprint density at radius 1 is 1.50 bits per heavy atom. The van der Waals surface area contributed by atoms with Gasteiger partial charge in [-0.25, -0.2) is 0 Å². The molecule has 1 saturated heterocycles. The number of hydrogen-bond acceptors (Lipinski definition) is 2. The number of fused-ring (bicyclic) bond motifs is 1. The quantitative estimate of drug-likeness (QED) is 0.556. The van der Waals surface area contributed by atoms with E-state index in [-0.39, 0.29) is 0 Å². The standard InChI is InChI=1S/C18H26ClN5/c1-2-24-9-3-4-15(24)12-23-18(20)21-8-7-13-11-22-17-6-5-14(19)10-16(13)17/h5-6,10-11,15,22H,2-4,7-9,12H2,1H3,(H3,20,21,23). The molecule has 3 rings (SSSR count). The van der Waals surface area contributed by atoms with Gasteiger partial charge in [0.05, 0.1) is 6.54 Å². The Kier molecular flexibility index (Phi) is 5.63. The number of rotatable bonds is 6. The molecule has 4 N–H and O–H groups in total. The fraction of sp³-hybridized carbons (Fsp3) is 0.500. The number of H-pyrrole nitrogens is 1. The number of aromatic amines is 1. The minimum atomic E-state index is 0.538. The summed E-state index contributed by atoms with van der Waals surface area (Å²) in [6.45, 7) is 6.03. The number of aliphatic imine (C=N–C) groups is 1. The Hall–Kier alpha value is -1.72. The van der Waals surface area contributed by atoms with Gasteiger partial charge in [0.1, 0.15) is 0 Å². The molecule has 1 fully saturated rings. The topological polar surface area (TPSA) is 69.4 Å². The van der Waals surface area contributed by atoms with Gasteiger partial charge in [-0.05, 0) is 56.1 Å². The van der Waals surface area contributed by atoms with Gasteiger partial charge in [-0.3, -0.25) is 9.89 Å². The number of likely N-dealkylation sites (N-methyl/N-ethyl adjacent to an activating group) is 1. The second-order valence-corrected chi connectivity index (χ2v) is 6.77. The number of guanidine groups is 1. The van der Waals surface area contributed by atoms with Gasteiger partial charge in [-0.2, -0.15) is 0 Å². The van der Waals surface area contributed by atoms with Gasteiger partial charge in [0.15, 0.2) is 5.96 Å². The molecule has 6 heteroatoms. The largest absolute Gasteiger partial charge is 0.370 e. The summed E-state index contributed by atoms with van der Waals surface area (Å²) in [6.07, 6.45) is 5.40. The minimum absolute atomic E-state index is 0.538. The zero-order valence-electron chi connectivity index (χ0n) is 14.2. The van der Waals surface area contributed by atoms with Crippen molar-refractivity contribution in [3.63, 3.8) is 0 Å². The van der Waals surface area contributed by atoms with E-state index in [1.54, 1.807) is 0 Å². The highest BCUT2D eigenvalue weighted by molar-refractivity contribution is 6.31. The molecule has 0 bridgehead atoms. The van der Waals surface area contributed by atoms with Crippen LogP contribution in [0.15, 0.2) is 29.4 Å². The Morgan fingerprint density at radius 2 is 2.38 bits per heavy atom. The monoisotopic (exact) mass is 347 g/mol. The number of likely N-dealkylation sites (tertiary alicyclic amines) is 1. The van der Waals surface area contributed by atoms with Crippen LogP contribution in [0.3, 0.4) is 0 Å². The Bertz CT molecular complexity index is 708. The normalized spacial score (nSPS) is 19.2. The lowest BCUT2D eigenvalue weighted by atomic mass is 10.1. The number of nitrogens with zero attached hydrogens (tertiary/aromatic N) is 2. The minimum Gasteiger partial charge on any atom is -0.370 e. The molecule has 130 valence electrons. The van der Waals surface area contributed by atoms with Crippen LogP contribution in [0.4, 0.5) is 0 Å². The molecule has 0 saturated carbocycles. The molecule has 1 aliphatic rings. The predicted octanol–water partition coefficient (Wildman–Crippen LogP) is 2.75. The summed E-state index contributed by atoms with van der Waals surface area (Å²) in [5.74, 6) is 0.538. The number of nitrogens with one attached hydrogen (secondary N) is 2. The van der Waals surface area contributed by atoms with Gasteiger partial charge in [-0.15, -0.1) is 0 Å². The van der Waals surface area contributed by atoms with Crippen LogP contribution in [0, 0.1) is 0 Å². The smallest absolute Gasteiger partial charge is 0.188 e. The van der Waals surface area contributed by atoms with Gasteiger partial charge in [0.2, 0.25) is 0 Å². The third-order valence-corrected chi connectivity index (χ3v) is 5.04. The van der Waals surface area contributed by atoms with Crippen LogP contribution in [0.25, 0.3) is 10.9 Å². The van der Waals surface area contributed by atoms with E-state index in [9.17, 15) is 0 Å². The molecule has 1 unspecified atom stereocenters. The van der Waals surface area contributed by atoms with Gasteiger partial charge in [-0.1, -0.05) is 18.5 Å². The lowest BCUT2D eigenvalue weighted by Gasteiger charge is -2.20. The summed E-state index contributed by atoms with van der Waals surface area (Å²) < 4.78 is 0. The summed E-state index contributed by atoms with van der Waals surface area (Å²) in [6, 6.07) is 6.45. The molecular formula is C18H26ClN5. The highest BCUT2D eigenvalue weighted by atomic mass is 35.5. The number of nitrogens with two attached hydrogens (primary N) is 1. The van der Waals surface area contributed by atoms with Crippen LogP contribution < -0.4 is 11.1 Å². The summed E-state index contributed by atoms with van der Waals surface area (Å²) >= 11 is 6.09. The van der Waals surface area contributed by atoms with Crippen molar-refractivity contribution >= 4 is 28.5 Å². The average molecular weight is 348 g/mol. The van der Waals surface area contributed by atoms with Gasteiger partial charge < -0.3 is 16.0 Å². The molecule has 0 radical (unpaired) electrons. The van der Waals surface area contributed by atoms with Crippen LogP contribution in [-0.4, -0.2) is 48.1 Å². The van der Waals surface area contributed by atoms with E-state index in [1.807, 2.05) is 24.4 Å². The first-order valence-corrected chi connectivity index (χ1v) is 9.08. The first-order chi connectivity index (χ1) is 11.7. The Labute approximate surface area is 148 Å². The summed E-state index contributed by atoms with van der Waals surface area (Å²) in [7, 11) is 0. The second-order valence-electron chi connectivity index (χ2n) is 6.33. The molecule has 0 spiro atoms. The third-order valence-electron chi connectivity index (χ3n) is 4.81. The number of hydrogen-bond donors (Lipinski definition) is 3. The second kappa shape index (κ2) is 7.90. The van der Waals surface area contributed by atoms with Crippen molar-refractivity contribution < 1.29 is 0 Å². The molecule has 2 aromatic rings. The van der Waals surface area contributed by atoms with Crippen molar-refractivity contribution in [1.82, 2.24) is 15.2 Å². The van der Waals surface area contributed by atoms with Crippen molar-refractivity contribution in [3.05, 3.63) is 35.0 Å². The molecule has 1 aromatic heterocycles. The average Bonchev–Trinajstić information content (AvgIpc) is 3.19. The first kappa shape index (κ1) is 17.1. The highest BCUT2D eigenvalue weighted by Crippen LogP contribution is 2.22. The van der Waals surface area contributed by atoms with Crippen LogP contribution in [-0.2, 0) is 6.42 Å². The molecule has 1 aliphatic heterocycles. The Morgan fingerprint density at radius 3 is 3.21 bits per heavy atom. The predicted molar refractivity (Wildman–Crippen MR) is 102 cm³/mol. The molecule has 1 atom stereocenters. The number of benzene rings is 1. The maximum absolute atomic E-state index is 6.09. The SMILES string of the molecule is CCN1CCCC1CN=C(N)NCCc1c[nH]c2ccc(Cl)cc12. The lowest BCUT2D eigenvalue weighted by Crippen LogP contribution is -2.36. The van der Waals surface area contributed by atoms with Crippen LogP contribution in [0.2, 0.25) is 5.02 Å². The van der Waals surface area contributed by atoms with E-state index in [0.717, 1.165) is 36.6 Å². The lowest BCUT2D eigenvalue weighted by molar-refractivity contribution is 0.273. The molecule has 5 nitrogen and oxygen atoms in total. The number of halogens is 1. The first-order valence-electron chi connectivity index (χ1n) is 8.70. The van der Waals surface area contributed by atoms with E-state index in [2.05, 4.69) is 27.1 Å². The summed E-state index contributed by atoms with van der Waals surface area (Å²) in [4.78, 5) is 10.3. The van der Waals surface area contributed by atoms with Crippen molar-refractivity contribution in [2.24, 2.45) is 10.7 Å². The molecule has 2 heterocycles. The van der Waals surface area contributed by atoms with E-state index in [1.165, 1.54) is 30.3 Å². The zero-order valence-corrected chi connectivity index (χ0v) is 14.9. The van der Waals surface area contributed by atoms with E-state index in [0.29, 0.717) is 12.0 Å². The zero-order chi connectivity index (χ0) is 16.9. The van der Waals surface area contributed by atoms with Crippen LogP contribution >= 0.6 is 11.6 Å². The van der Waals surface area contributed by atoms with E-state index in [4.69, 9.17) is 17.3 Å². The molecule has 0 amide bonds. The van der Waals surface area contributed by atoms with Crippen LogP contribution in [0.5, 0.6) is 0 Å². The molecule has 0 aliphatic carbocycles. The van der Waals surface area contributed by atoms with Crippen molar-refractivity contribution in [2.75, 3.05) is 26.2 Å². The molecular weight excluding hydrogens is 322 g/mol. The summed E-state index contributed by atoms with van der Waals surface area (Å²) in [5, 5.41) is 5.15. The highest BCUT2D eigenvalue weighted by Gasteiger charge is 2.22. The van der Waals surface area contributed by atoms with Gasteiger partial charge in [0, 0.05) is 34.7 Å². The number of aromatic nitrogens is 1. The maximum atomic E-state index is 6.09. The van der Waals surface area contributed by atoms with Gasteiger partial charge >= 0.3 is 0 Å². The van der Waals surface area contributed by atoms with Crippen molar-refractivity contribution in [2.45, 2.75) is 32.2 Å². The van der Waals surface area contributed by atoms with Crippen LogP contribution in [0.1, 0.15) is 25.3 Å². The van der Waals surface area contributed by atoms with E-state index >= 15 is 0 Å². The van der Waals surface area contributed by atoms with Gasteiger partial charge in [0.25, 0.3) is 0 Å². The fourth-order valence-electron chi connectivity index (χ4n) is 3.46. The molecule has 24 heavy (non-hydrogen) atoms.